The highest BCUT2D eigenvalue weighted by Crippen LogP contribution is 2.33. The van der Waals surface area contributed by atoms with Crippen molar-refractivity contribution in [3.8, 4) is 0 Å². The van der Waals surface area contributed by atoms with Crippen LogP contribution >= 0.6 is 0 Å². The van der Waals surface area contributed by atoms with E-state index in [1.54, 1.807) is 13.0 Å². The van der Waals surface area contributed by atoms with E-state index in [4.69, 9.17) is 0 Å². The lowest BCUT2D eigenvalue weighted by Crippen LogP contribution is -2.41. The maximum absolute atomic E-state index is 11.1. The molecule has 1 heterocycles. The van der Waals surface area contributed by atoms with E-state index in [0.29, 0.717) is 5.39 Å². The third-order valence-electron chi connectivity index (χ3n) is 3.71. The van der Waals surface area contributed by atoms with Gasteiger partial charge in [0.05, 0.1) is 22.0 Å². The van der Waals surface area contributed by atoms with Crippen LogP contribution in [0.25, 0.3) is 10.8 Å². The number of nitro benzene ring substituents is 1. The fourth-order valence-corrected chi connectivity index (χ4v) is 2.05. The Balaban J connectivity index is 2.63. The average Bonchev–Trinajstić information content (AvgIpc) is 2.38. The Kier molecular flexibility index (Phi) is 3.82. The van der Waals surface area contributed by atoms with Gasteiger partial charge in [-0.1, -0.05) is 0 Å². The molecule has 0 bridgehead atoms. The van der Waals surface area contributed by atoms with Gasteiger partial charge >= 0.3 is 0 Å². The number of hydrogen-bond acceptors (Lipinski definition) is 5. The number of nitrogens with one attached hydrogen (secondary N) is 1. The Labute approximate surface area is 123 Å². The van der Waals surface area contributed by atoms with Crippen LogP contribution in [0, 0.1) is 17.0 Å². The minimum atomic E-state index is -0.578. The van der Waals surface area contributed by atoms with Gasteiger partial charge in [-0.3, -0.25) is 15.1 Å². The largest absolute Gasteiger partial charge is 0.391 e. The first-order chi connectivity index (χ1) is 9.72. The van der Waals surface area contributed by atoms with Crippen LogP contribution in [0.4, 0.5) is 11.4 Å². The third-order valence-corrected chi connectivity index (χ3v) is 3.71. The molecule has 6 heteroatoms. The summed E-state index contributed by atoms with van der Waals surface area (Å²) >= 11 is 0. The number of nitrogens with zero attached hydrogens (tertiary/aromatic N) is 2. The first kappa shape index (κ1) is 15.2. The van der Waals surface area contributed by atoms with Crippen LogP contribution in [0.1, 0.15) is 26.5 Å². The minimum Gasteiger partial charge on any atom is -0.391 e. The summed E-state index contributed by atoms with van der Waals surface area (Å²) in [6.07, 6.45) is 0.939. The number of rotatable bonds is 4. The number of benzene rings is 1. The van der Waals surface area contributed by atoms with Gasteiger partial charge in [-0.25, -0.2) is 0 Å². The molecule has 0 spiro atoms. The second-order valence-electron chi connectivity index (χ2n) is 5.78. The first-order valence-electron chi connectivity index (χ1n) is 6.72. The maximum Gasteiger partial charge on any atom is 0.278 e. The van der Waals surface area contributed by atoms with Crippen molar-refractivity contribution in [2.75, 3.05) is 5.32 Å². The molecule has 1 unspecified atom stereocenters. The summed E-state index contributed by atoms with van der Waals surface area (Å²) in [6, 6.07) is 4.94. The van der Waals surface area contributed by atoms with Crippen molar-refractivity contribution in [3.05, 3.63) is 40.2 Å². The van der Waals surface area contributed by atoms with Gasteiger partial charge in [-0.15, -0.1) is 0 Å². The van der Waals surface area contributed by atoms with Crippen LogP contribution in [0.15, 0.2) is 24.4 Å². The Bertz CT molecular complexity index is 696. The number of nitro groups is 1. The van der Waals surface area contributed by atoms with Gasteiger partial charge in [0.2, 0.25) is 0 Å². The molecule has 2 N–H and O–H groups in total. The fourth-order valence-electron chi connectivity index (χ4n) is 2.05. The van der Waals surface area contributed by atoms with Gasteiger partial charge in [-0.05, 0) is 39.8 Å². The Morgan fingerprint density at radius 1 is 1.38 bits per heavy atom. The molecule has 0 radical (unpaired) electrons. The summed E-state index contributed by atoms with van der Waals surface area (Å²) in [7, 11) is 0. The molecule has 0 aliphatic rings. The van der Waals surface area contributed by atoms with Gasteiger partial charge in [-0.2, -0.15) is 0 Å². The number of aryl methyl sites for hydroxylation is 1. The number of anilines is 1. The number of aliphatic hydroxyl groups excluding tert-OH is 1. The number of fused-ring (bicyclic) bond motifs is 1. The van der Waals surface area contributed by atoms with Gasteiger partial charge in [0.15, 0.2) is 0 Å². The van der Waals surface area contributed by atoms with E-state index >= 15 is 0 Å². The lowest BCUT2D eigenvalue weighted by atomic mass is 9.97. The summed E-state index contributed by atoms with van der Waals surface area (Å²) in [5.41, 5.74) is 0.992. The second kappa shape index (κ2) is 5.29. The van der Waals surface area contributed by atoms with Crippen LogP contribution < -0.4 is 5.32 Å². The fraction of sp³-hybridized carbons (Fsp3) is 0.400. The number of aromatic nitrogens is 1. The van der Waals surface area contributed by atoms with Crippen LogP contribution in [0.3, 0.4) is 0 Å². The normalized spacial score (nSPS) is 13.2. The van der Waals surface area contributed by atoms with E-state index in [2.05, 4.69) is 10.3 Å². The molecule has 21 heavy (non-hydrogen) atoms. The Hall–Kier alpha value is -2.21. The summed E-state index contributed by atoms with van der Waals surface area (Å²) in [5, 5.41) is 25.4. The zero-order valence-electron chi connectivity index (χ0n) is 12.5. The molecule has 6 nitrogen and oxygen atoms in total. The summed E-state index contributed by atoms with van der Waals surface area (Å²) in [4.78, 5) is 14.8. The molecule has 1 aromatic heterocycles. The van der Waals surface area contributed by atoms with Crippen molar-refractivity contribution in [3.63, 3.8) is 0 Å². The Morgan fingerprint density at radius 2 is 2.05 bits per heavy atom. The predicted molar refractivity (Wildman–Crippen MR) is 82.5 cm³/mol. The average molecular weight is 289 g/mol. The van der Waals surface area contributed by atoms with E-state index in [9.17, 15) is 15.2 Å². The molecule has 112 valence electrons. The van der Waals surface area contributed by atoms with Crippen molar-refractivity contribution in [2.24, 2.45) is 0 Å². The standard InChI is InChI=1S/C15H19N3O3/c1-9-7-11-12(8-16-9)14(18(20)21)6-5-13(11)17-15(3,4)10(2)19/h5-8,10,17,19H,1-4H3. The van der Waals surface area contributed by atoms with E-state index in [1.165, 1.54) is 12.3 Å². The van der Waals surface area contributed by atoms with Crippen molar-refractivity contribution < 1.29 is 10.0 Å². The predicted octanol–water partition coefficient (Wildman–Crippen LogP) is 3.02. The maximum atomic E-state index is 11.1. The van der Waals surface area contributed by atoms with Gasteiger partial charge in [0, 0.05) is 29.0 Å². The lowest BCUT2D eigenvalue weighted by molar-refractivity contribution is -0.383. The molecule has 0 fully saturated rings. The van der Waals surface area contributed by atoms with Crippen molar-refractivity contribution >= 4 is 22.1 Å². The summed E-state index contributed by atoms with van der Waals surface area (Å²) in [5.74, 6) is 0. The molecule has 0 saturated heterocycles. The van der Waals surface area contributed by atoms with E-state index in [-0.39, 0.29) is 5.69 Å². The van der Waals surface area contributed by atoms with E-state index in [1.807, 2.05) is 26.8 Å². The van der Waals surface area contributed by atoms with Crippen molar-refractivity contribution in [2.45, 2.75) is 39.3 Å². The van der Waals surface area contributed by atoms with E-state index < -0.39 is 16.6 Å². The number of aliphatic hydroxyl groups is 1. The van der Waals surface area contributed by atoms with Gasteiger partial charge in [0.25, 0.3) is 5.69 Å². The molecule has 0 amide bonds. The molecule has 0 aliphatic heterocycles. The van der Waals surface area contributed by atoms with Crippen molar-refractivity contribution in [1.82, 2.24) is 4.98 Å². The molecule has 2 rings (SSSR count). The number of pyridine rings is 1. The van der Waals surface area contributed by atoms with Crippen LogP contribution in [0.2, 0.25) is 0 Å². The molecule has 0 aliphatic carbocycles. The SMILES string of the molecule is Cc1cc2c(NC(C)(C)C(C)O)ccc([N+](=O)[O-])c2cn1. The molecule has 0 saturated carbocycles. The second-order valence-corrected chi connectivity index (χ2v) is 5.78. The quantitative estimate of drug-likeness (QED) is 0.667. The molecule has 1 atom stereocenters. The number of non-ortho nitro benzene ring substituents is 1. The summed E-state index contributed by atoms with van der Waals surface area (Å²) < 4.78 is 0. The lowest BCUT2D eigenvalue weighted by Gasteiger charge is -2.31. The highest BCUT2D eigenvalue weighted by atomic mass is 16.6. The molecule has 2 aromatic rings. The first-order valence-corrected chi connectivity index (χ1v) is 6.72. The third kappa shape index (κ3) is 2.95. The zero-order chi connectivity index (χ0) is 15.8. The highest BCUT2D eigenvalue weighted by Gasteiger charge is 2.25. The monoisotopic (exact) mass is 289 g/mol. The minimum absolute atomic E-state index is 0.0258. The van der Waals surface area contributed by atoms with Crippen LogP contribution in [0.5, 0.6) is 0 Å². The molecular weight excluding hydrogens is 270 g/mol. The topological polar surface area (TPSA) is 88.3 Å². The highest BCUT2D eigenvalue weighted by molar-refractivity contribution is 5.99. The summed E-state index contributed by atoms with van der Waals surface area (Å²) in [6.45, 7) is 7.28. The molecular formula is C15H19N3O3. The molecule has 1 aromatic carbocycles. The van der Waals surface area contributed by atoms with Gasteiger partial charge < -0.3 is 10.4 Å². The Morgan fingerprint density at radius 3 is 2.62 bits per heavy atom. The van der Waals surface area contributed by atoms with E-state index in [0.717, 1.165) is 16.8 Å². The number of hydrogen-bond donors (Lipinski definition) is 2. The van der Waals surface area contributed by atoms with Crippen LogP contribution in [-0.2, 0) is 0 Å². The van der Waals surface area contributed by atoms with Crippen LogP contribution in [-0.4, -0.2) is 26.7 Å². The smallest absolute Gasteiger partial charge is 0.278 e. The zero-order valence-corrected chi connectivity index (χ0v) is 12.5. The van der Waals surface area contributed by atoms with Gasteiger partial charge in [0.1, 0.15) is 0 Å². The van der Waals surface area contributed by atoms with Crippen molar-refractivity contribution in [1.29, 1.82) is 0 Å².